The van der Waals surface area contributed by atoms with Crippen LogP contribution in [0.5, 0.6) is 0 Å². The lowest BCUT2D eigenvalue weighted by molar-refractivity contribution is -0.108. The lowest BCUT2D eigenvalue weighted by Crippen LogP contribution is -2.14. The number of benzene rings is 1. The van der Waals surface area contributed by atoms with Gasteiger partial charge in [0.2, 0.25) is 0 Å². The number of carbonyl (C=O) groups excluding carboxylic acids is 1. The van der Waals surface area contributed by atoms with E-state index in [1.165, 1.54) is 23.1 Å². The topological polar surface area (TPSA) is 17.1 Å². The molecule has 0 bridgehead atoms. The van der Waals surface area contributed by atoms with E-state index in [9.17, 15) is 4.79 Å². The number of rotatable bonds is 2. The molecule has 0 saturated carbocycles. The zero-order valence-corrected chi connectivity index (χ0v) is 8.62. The summed E-state index contributed by atoms with van der Waals surface area (Å²) in [5.41, 5.74) is 4.27. The minimum Gasteiger partial charge on any atom is -0.303 e. The van der Waals surface area contributed by atoms with Crippen molar-refractivity contribution in [1.29, 1.82) is 0 Å². The molecule has 1 unspecified atom stereocenters. The minimum atomic E-state index is 0.585. The smallest absolute Gasteiger partial charge is 0.120 e. The Balaban J connectivity index is 2.20. The van der Waals surface area contributed by atoms with Gasteiger partial charge in [0.05, 0.1) is 0 Å². The standard InChI is InChI=1S/C13H16O/c1-10-2-4-12-5-3-11(6-7-14)9-13(12)8-10/h2,4,7-8,11H,3,5-6,9H2,1H3. The number of aldehydes is 1. The fraction of sp³-hybridized carbons (Fsp3) is 0.462. The molecule has 1 nitrogen and oxygen atoms in total. The third-order valence-electron chi connectivity index (χ3n) is 3.12. The SMILES string of the molecule is Cc1ccc2c(c1)CC(CC=O)CC2. The van der Waals surface area contributed by atoms with E-state index in [1.54, 1.807) is 0 Å². The van der Waals surface area contributed by atoms with Crippen molar-refractivity contribution >= 4 is 6.29 Å². The van der Waals surface area contributed by atoms with Crippen molar-refractivity contribution in [3.05, 3.63) is 34.9 Å². The Morgan fingerprint density at radius 2 is 2.29 bits per heavy atom. The van der Waals surface area contributed by atoms with E-state index < -0.39 is 0 Å². The van der Waals surface area contributed by atoms with Crippen molar-refractivity contribution in [1.82, 2.24) is 0 Å². The molecule has 1 atom stereocenters. The maximum absolute atomic E-state index is 10.5. The van der Waals surface area contributed by atoms with Crippen molar-refractivity contribution in [2.24, 2.45) is 5.92 Å². The normalized spacial score (nSPS) is 20.2. The summed E-state index contributed by atoms with van der Waals surface area (Å²) in [7, 11) is 0. The van der Waals surface area contributed by atoms with E-state index in [4.69, 9.17) is 0 Å². The van der Waals surface area contributed by atoms with Gasteiger partial charge in [-0.05, 0) is 43.2 Å². The van der Waals surface area contributed by atoms with Crippen LogP contribution in [0, 0.1) is 12.8 Å². The Kier molecular flexibility index (Phi) is 2.67. The van der Waals surface area contributed by atoms with Crippen LogP contribution in [-0.4, -0.2) is 6.29 Å². The molecule has 1 aromatic carbocycles. The molecule has 1 aromatic rings. The summed E-state index contributed by atoms with van der Waals surface area (Å²) < 4.78 is 0. The molecule has 1 aliphatic carbocycles. The molecule has 1 heteroatoms. The number of fused-ring (bicyclic) bond motifs is 1. The van der Waals surface area contributed by atoms with Crippen LogP contribution in [0.1, 0.15) is 29.5 Å². The average Bonchev–Trinajstić information content (AvgIpc) is 2.17. The molecule has 0 spiro atoms. The highest BCUT2D eigenvalue weighted by Gasteiger charge is 2.17. The third-order valence-corrected chi connectivity index (χ3v) is 3.12. The Labute approximate surface area is 85.1 Å². The van der Waals surface area contributed by atoms with Crippen LogP contribution in [0.25, 0.3) is 0 Å². The first kappa shape index (κ1) is 9.45. The molecular formula is C13H16O. The monoisotopic (exact) mass is 188 g/mol. The van der Waals surface area contributed by atoms with Crippen LogP contribution < -0.4 is 0 Å². The Hall–Kier alpha value is -1.11. The zero-order valence-electron chi connectivity index (χ0n) is 8.62. The van der Waals surface area contributed by atoms with Gasteiger partial charge in [0.15, 0.2) is 0 Å². The summed E-state index contributed by atoms with van der Waals surface area (Å²) in [6, 6.07) is 6.69. The molecule has 0 aromatic heterocycles. The van der Waals surface area contributed by atoms with Crippen LogP contribution in [0.4, 0.5) is 0 Å². The molecule has 0 aliphatic heterocycles. The first-order valence-corrected chi connectivity index (χ1v) is 5.31. The first-order chi connectivity index (χ1) is 6.79. The Morgan fingerprint density at radius 1 is 1.43 bits per heavy atom. The van der Waals surface area contributed by atoms with Gasteiger partial charge >= 0.3 is 0 Å². The molecular weight excluding hydrogens is 172 g/mol. The molecule has 0 saturated heterocycles. The van der Waals surface area contributed by atoms with Crippen molar-refractivity contribution < 1.29 is 4.79 Å². The van der Waals surface area contributed by atoms with Gasteiger partial charge in [0.1, 0.15) is 6.29 Å². The van der Waals surface area contributed by atoms with Crippen molar-refractivity contribution in [2.45, 2.75) is 32.6 Å². The highest BCUT2D eigenvalue weighted by Crippen LogP contribution is 2.27. The molecule has 14 heavy (non-hydrogen) atoms. The van der Waals surface area contributed by atoms with E-state index in [0.29, 0.717) is 5.92 Å². The number of aryl methyl sites for hydroxylation is 2. The molecule has 0 radical (unpaired) electrons. The predicted octanol–water partition coefficient (Wildman–Crippen LogP) is 2.69. The quantitative estimate of drug-likeness (QED) is 0.652. The minimum absolute atomic E-state index is 0.585. The van der Waals surface area contributed by atoms with Gasteiger partial charge in [-0.2, -0.15) is 0 Å². The summed E-state index contributed by atoms with van der Waals surface area (Å²) in [5.74, 6) is 0.585. The van der Waals surface area contributed by atoms with Crippen molar-refractivity contribution in [3.63, 3.8) is 0 Å². The van der Waals surface area contributed by atoms with E-state index in [-0.39, 0.29) is 0 Å². The summed E-state index contributed by atoms with van der Waals surface area (Å²) in [4.78, 5) is 10.5. The van der Waals surface area contributed by atoms with E-state index >= 15 is 0 Å². The van der Waals surface area contributed by atoms with Gasteiger partial charge in [-0.1, -0.05) is 23.8 Å². The number of carbonyl (C=O) groups is 1. The fourth-order valence-corrected chi connectivity index (χ4v) is 2.30. The van der Waals surface area contributed by atoms with Crippen LogP contribution >= 0.6 is 0 Å². The van der Waals surface area contributed by atoms with Crippen molar-refractivity contribution in [2.75, 3.05) is 0 Å². The maximum atomic E-state index is 10.5. The van der Waals surface area contributed by atoms with Gasteiger partial charge in [-0.3, -0.25) is 0 Å². The number of hydrogen-bond donors (Lipinski definition) is 0. The van der Waals surface area contributed by atoms with Gasteiger partial charge < -0.3 is 4.79 Å². The second-order valence-corrected chi connectivity index (χ2v) is 4.28. The molecule has 1 aliphatic rings. The van der Waals surface area contributed by atoms with E-state index in [1.807, 2.05) is 0 Å². The molecule has 2 rings (SSSR count). The lowest BCUT2D eigenvalue weighted by Gasteiger charge is -2.23. The second-order valence-electron chi connectivity index (χ2n) is 4.28. The summed E-state index contributed by atoms with van der Waals surface area (Å²) >= 11 is 0. The van der Waals surface area contributed by atoms with E-state index in [2.05, 4.69) is 25.1 Å². The highest BCUT2D eigenvalue weighted by atomic mass is 16.1. The van der Waals surface area contributed by atoms with Crippen LogP contribution in [0.15, 0.2) is 18.2 Å². The first-order valence-electron chi connectivity index (χ1n) is 5.31. The molecule has 0 fully saturated rings. The zero-order chi connectivity index (χ0) is 9.97. The Bertz CT molecular complexity index is 341. The predicted molar refractivity (Wildman–Crippen MR) is 57.4 cm³/mol. The van der Waals surface area contributed by atoms with Gasteiger partial charge in [-0.25, -0.2) is 0 Å². The van der Waals surface area contributed by atoms with Gasteiger partial charge in [0, 0.05) is 6.42 Å². The maximum Gasteiger partial charge on any atom is 0.120 e. The summed E-state index contributed by atoms with van der Waals surface area (Å²) in [6.07, 6.45) is 5.21. The fourth-order valence-electron chi connectivity index (χ4n) is 2.30. The van der Waals surface area contributed by atoms with Gasteiger partial charge in [0.25, 0.3) is 0 Å². The van der Waals surface area contributed by atoms with Crippen LogP contribution in [0.3, 0.4) is 0 Å². The third kappa shape index (κ3) is 1.87. The van der Waals surface area contributed by atoms with Crippen LogP contribution in [0.2, 0.25) is 0 Å². The number of hydrogen-bond acceptors (Lipinski definition) is 1. The summed E-state index contributed by atoms with van der Waals surface area (Å²) in [5, 5.41) is 0. The lowest BCUT2D eigenvalue weighted by atomic mass is 9.82. The van der Waals surface area contributed by atoms with Crippen LogP contribution in [-0.2, 0) is 17.6 Å². The second kappa shape index (κ2) is 3.95. The molecule has 0 heterocycles. The molecule has 74 valence electrons. The average molecular weight is 188 g/mol. The van der Waals surface area contributed by atoms with Crippen molar-refractivity contribution in [3.8, 4) is 0 Å². The summed E-state index contributed by atoms with van der Waals surface area (Å²) in [6.45, 7) is 2.13. The molecule has 0 amide bonds. The van der Waals surface area contributed by atoms with E-state index in [0.717, 1.165) is 25.5 Å². The molecule has 0 N–H and O–H groups in total. The Morgan fingerprint density at radius 3 is 3.07 bits per heavy atom. The largest absolute Gasteiger partial charge is 0.303 e. The van der Waals surface area contributed by atoms with Gasteiger partial charge in [-0.15, -0.1) is 0 Å². The highest BCUT2D eigenvalue weighted by molar-refractivity contribution is 5.50.